The molecule has 0 amide bonds. The van der Waals surface area contributed by atoms with Crippen molar-refractivity contribution in [1.29, 1.82) is 0 Å². The number of hydrogen-bond acceptors (Lipinski definition) is 7. The third kappa shape index (κ3) is 37.9. The highest BCUT2D eigenvalue weighted by Crippen LogP contribution is 2.38. The summed E-state index contributed by atoms with van der Waals surface area (Å²) in [5.41, 5.74) is 0. The third-order valence-corrected chi connectivity index (χ3v) is 9.53. The largest absolute Gasteiger partial charge is 0.756 e. The van der Waals surface area contributed by atoms with Gasteiger partial charge in [0, 0.05) is 6.42 Å². The molecule has 0 radical (unpaired) electrons. The summed E-state index contributed by atoms with van der Waals surface area (Å²) in [4.78, 5) is 24.9. The zero-order valence-electron chi connectivity index (χ0n) is 32.6. The van der Waals surface area contributed by atoms with E-state index >= 15 is 0 Å². The number of carbonyl (C=O) groups excluding carboxylic acids is 1. The van der Waals surface area contributed by atoms with Gasteiger partial charge in [-0.05, 0) is 51.0 Å². The van der Waals surface area contributed by atoms with Crippen LogP contribution in [0.15, 0.2) is 24.5 Å². The first-order chi connectivity index (χ1) is 23.6. The Balaban J connectivity index is 4.35. The number of phosphoric acid groups is 1. The second kappa shape index (κ2) is 33.9. The van der Waals surface area contributed by atoms with Gasteiger partial charge < -0.3 is 27.9 Å². The lowest BCUT2D eigenvalue weighted by atomic mass is 10.0. The first-order valence-electron chi connectivity index (χ1n) is 20.1. The molecule has 0 aromatic rings. The molecule has 0 aliphatic carbocycles. The normalized spacial score (nSPS) is 14.1. The molecule has 0 spiro atoms. The monoisotopic (exact) mass is 716 g/mol. The number of ether oxygens (including phenoxy) is 2. The van der Waals surface area contributed by atoms with Gasteiger partial charge in [-0.2, -0.15) is 0 Å². The third-order valence-electron chi connectivity index (χ3n) is 8.57. The Kier molecular flexibility index (Phi) is 33.1. The second-order valence-corrected chi connectivity index (χ2v) is 16.1. The molecule has 0 fully saturated rings. The van der Waals surface area contributed by atoms with Crippen LogP contribution in [0, 0.1) is 0 Å². The number of esters is 1. The Morgan fingerprint density at radius 1 is 0.633 bits per heavy atom. The number of phosphoric ester groups is 1. The van der Waals surface area contributed by atoms with E-state index in [4.69, 9.17) is 18.5 Å². The maximum atomic E-state index is 12.6. The molecule has 290 valence electrons. The van der Waals surface area contributed by atoms with Gasteiger partial charge in [-0.25, -0.2) is 0 Å². The van der Waals surface area contributed by atoms with E-state index in [1.807, 2.05) is 27.2 Å². The van der Waals surface area contributed by atoms with Gasteiger partial charge >= 0.3 is 5.97 Å². The summed E-state index contributed by atoms with van der Waals surface area (Å²) in [5, 5.41) is 0. The van der Waals surface area contributed by atoms with Gasteiger partial charge in [-0.3, -0.25) is 9.36 Å². The predicted octanol–water partition coefficient (Wildman–Crippen LogP) is 11.0. The van der Waals surface area contributed by atoms with E-state index in [1.165, 1.54) is 109 Å². The average molecular weight is 716 g/mol. The van der Waals surface area contributed by atoms with Crippen LogP contribution in [0.3, 0.4) is 0 Å². The minimum atomic E-state index is -4.53. The number of quaternary nitrogens is 1. The van der Waals surface area contributed by atoms with Crippen molar-refractivity contribution in [2.24, 2.45) is 0 Å². The number of allylic oxidation sites excluding steroid dienone is 3. The van der Waals surface area contributed by atoms with Crippen molar-refractivity contribution in [2.75, 3.05) is 47.5 Å². The van der Waals surface area contributed by atoms with E-state index in [0.717, 1.165) is 44.9 Å². The fourth-order valence-corrected chi connectivity index (χ4v) is 6.12. The first kappa shape index (κ1) is 47.8. The van der Waals surface area contributed by atoms with Crippen molar-refractivity contribution in [3.8, 4) is 0 Å². The summed E-state index contributed by atoms with van der Waals surface area (Å²) < 4.78 is 34.2. The van der Waals surface area contributed by atoms with Crippen LogP contribution < -0.4 is 4.89 Å². The van der Waals surface area contributed by atoms with Crippen LogP contribution in [0.2, 0.25) is 0 Å². The van der Waals surface area contributed by atoms with Gasteiger partial charge in [0.05, 0.1) is 34.0 Å². The SMILES string of the molecule is CCCCCCC/C=C\CCCCCCC(=O)O[C@H](CO/C=C\CCCCCCCCCCCCCC)COP(=O)([O-])OCC[N+](C)(C)C. The van der Waals surface area contributed by atoms with Crippen LogP contribution in [0.25, 0.3) is 0 Å². The molecule has 0 bridgehead atoms. The molecule has 2 atom stereocenters. The summed E-state index contributed by atoms with van der Waals surface area (Å²) in [6.45, 7) is 4.71. The molecule has 8 nitrogen and oxygen atoms in total. The fraction of sp³-hybridized carbons (Fsp3) is 0.875. The molecule has 1 unspecified atom stereocenters. The topological polar surface area (TPSA) is 94.1 Å². The lowest BCUT2D eigenvalue weighted by molar-refractivity contribution is -0.870. The summed E-state index contributed by atoms with van der Waals surface area (Å²) in [5.74, 6) is -0.368. The van der Waals surface area contributed by atoms with Gasteiger partial charge in [0.15, 0.2) is 6.10 Å². The van der Waals surface area contributed by atoms with Crippen molar-refractivity contribution in [2.45, 2.75) is 180 Å². The van der Waals surface area contributed by atoms with E-state index in [0.29, 0.717) is 11.0 Å². The summed E-state index contributed by atoms with van der Waals surface area (Å²) in [6.07, 6.45) is 37.0. The van der Waals surface area contributed by atoms with Crippen molar-refractivity contribution in [3.05, 3.63) is 24.5 Å². The maximum Gasteiger partial charge on any atom is 0.306 e. The molecule has 0 aromatic heterocycles. The van der Waals surface area contributed by atoms with Gasteiger partial charge in [0.1, 0.15) is 19.8 Å². The van der Waals surface area contributed by atoms with E-state index in [2.05, 4.69) is 26.0 Å². The molecular formula is C40H78NO7P. The molecule has 0 heterocycles. The molecular weight excluding hydrogens is 637 g/mol. The Hall–Kier alpha value is -1.18. The van der Waals surface area contributed by atoms with Gasteiger partial charge in [0.2, 0.25) is 0 Å². The minimum absolute atomic E-state index is 0.0158. The number of rotatable bonds is 37. The highest BCUT2D eigenvalue weighted by molar-refractivity contribution is 7.45. The summed E-state index contributed by atoms with van der Waals surface area (Å²) in [7, 11) is 1.32. The minimum Gasteiger partial charge on any atom is -0.756 e. The van der Waals surface area contributed by atoms with E-state index in [-0.39, 0.29) is 32.2 Å². The Bertz CT molecular complexity index is 843. The van der Waals surface area contributed by atoms with E-state index < -0.39 is 13.9 Å². The zero-order valence-corrected chi connectivity index (χ0v) is 33.5. The fourth-order valence-electron chi connectivity index (χ4n) is 5.39. The van der Waals surface area contributed by atoms with E-state index in [1.54, 1.807) is 6.26 Å². The molecule has 0 saturated carbocycles. The molecule has 0 rings (SSSR count). The first-order valence-corrected chi connectivity index (χ1v) is 21.6. The molecule has 0 N–H and O–H groups in total. The number of likely N-dealkylation sites (N-methyl/N-ethyl adjacent to an activating group) is 1. The van der Waals surface area contributed by atoms with Crippen LogP contribution >= 0.6 is 7.82 Å². The van der Waals surface area contributed by atoms with Crippen molar-refractivity contribution < 1.29 is 37.3 Å². The lowest BCUT2D eigenvalue weighted by Gasteiger charge is -2.28. The average Bonchev–Trinajstić information content (AvgIpc) is 3.04. The highest BCUT2D eigenvalue weighted by atomic mass is 31.2. The molecule has 0 saturated heterocycles. The predicted molar refractivity (Wildman–Crippen MR) is 203 cm³/mol. The van der Waals surface area contributed by atoms with Crippen LogP contribution in [-0.4, -0.2) is 64.1 Å². The molecule has 9 heteroatoms. The van der Waals surface area contributed by atoms with Crippen molar-refractivity contribution in [3.63, 3.8) is 0 Å². The van der Waals surface area contributed by atoms with Crippen LogP contribution in [0.5, 0.6) is 0 Å². The molecule has 0 aliphatic heterocycles. The van der Waals surface area contributed by atoms with Crippen LogP contribution in [-0.2, 0) is 27.9 Å². The van der Waals surface area contributed by atoms with Gasteiger partial charge in [-0.1, -0.05) is 135 Å². The van der Waals surface area contributed by atoms with Crippen molar-refractivity contribution in [1.82, 2.24) is 0 Å². The Labute approximate surface area is 303 Å². The number of carbonyl (C=O) groups is 1. The number of hydrogen-bond donors (Lipinski definition) is 0. The van der Waals surface area contributed by atoms with Gasteiger partial charge in [-0.15, -0.1) is 0 Å². The Morgan fingerprint density at radius 3 is 1.57 bits per heavy atom. The maximum absolute atomic E-state index is 12.6. The highest BCUT2D eigenvalue weighted by Gasteiger charge is 2.20. The summed E-state index contributed by atoms with van der Waals surface area (Å²) >= 11 is 0. The number of nitrogens with zero attached hydrogens (tertiary/aromatic N) is 1. The molecule has 0 aliphatic rings. The van der Waals surface area contributed by atoms with Gasteiger partial charge in [0.25, 0.3) is 7.82 Å². The molecule has 0 aromatic carbocycles. The second-order valence-electron chi connectivity index (χ2n) is 14.7. The smallest absolute Gasteiger partial charge is 0.306 e. The molecule has 49 heavy (non-hydrogen) atoms. The lowest BCUT2D eigenvalue weighted by Crippen LogP contribution is -2.37. The Morgan fingerprint density at radius 2 is 1.08 bits per heavy atom. The van der Waals surface area contributed by atoms with E-state index in [9.17, 15) is 14.3 Å². The number of unbranched alkanes of at least 4 members (excludes halogenated alkanes) is 21. The zero-order chi connectivity index (χ0) is 36.3. The van der Waals surface area contributed by atoms with Crippen LogP contribution in [0.4, 0.5) is 0 Å². The standard InChI is InChI=1S/C40H78NO7P/c1-6-8-10-12-14-16-18-20-22-24-26-28-30-32-35-45-37-39(38-47-49(43,44)46-36-34-41(3,4)5)48-40(42)33-31-29-27-25-23-21-19-17-15-13-11-9-7-2/h19,21,32,35,39H,6-18,20,22-31,33-34,36-38H2,1-5H3/b21-19-,35-32-/t39-/m1/s1. The quantitative estimate of drug-likeness (QED) is 0.0158. The van der Waals surface area contributed by atoms with Crippen molar-refractivity contribution >= 4 is 13.8 Å². The summed E-state index contributed by atoms with van der Waals surface area (Å²) in [6, 6.07) is 0. The van der Waals surface area contributed by atoms with Crippen LogP contribution in [0.1, 0.15) is 174 Å².